The number of amides is 1. The Kier molecular flexibility index (Phi) is 7.29. The van der Waals surface area contributed by atoms with Crippen LogP contribution < -0.4 is 5.32 Å². The van der Waals surface area contributed by atoms with E-state index in [0.717, 1.165) is 11.1 Å². The molecule has 0 aromatic heterocycles. The molecule has 0 aliphatic heterocycles. The summed E-state index contributed by atoms with van der Waals surface area (Å²) in [6.07, 6.45) is 1.50. The first-order chi connectivity index (χ1) is 10.4. The van der Waals surface area contributed by atoms with Crippen molar-refractivity contribution in [1.82, 2.24) is 5.32 Å². The van der Waals surface area contributed by atoms with Gasteiger partial charge in [-0.15, -0.1) is 0 Å². The zero-order chi connectivity index (χ0) is 16.5. The Morgan fingerprint density at radius 1 is 1.14 bits per heavy atom. The molecule has 0 spiro atoms. The molecule has 0 heterocycles. The number of Topliss-reactive ketones (excluding diaryl/α,β-unsaturated/α-hetero) is 1. The van der Waals surface area contributed by atoms with Gasteiger partial charge in [0, 0.05) is 19.3 Å². The van der Waals surface area contributed by atoms with Crippen LogP contribution >= 0.6 is 0 Å². The molecule has 0 unspecified atom stereocenters. The number of benzene rings is 1. The van der Waals surface area contributed by atoms with Gasteiger partial charge in [-0.05, 0) is 18.9 Å². The van der Waals surface area contributed by atoms with E-state index in [0.29, 0.717) is 19.3 Å². The zero-order valence-corrected chi connectivity index (χ0v) is 13.1. The molecule has 0 bridgehead atoms. The van der Waals surface area contributed by atoms with Crippen molar-refractivity contribution in [1.29, 1.82) is 0 Å². The maximum atomic E-state index is 11.9. The average molecular weight is 305 g/mol. The van der Waals surface area contributed by atoms with Crippen molar-refractivity contribution in [3.05, 3.63) is 35.4 Å². The van der Waals surface area contributed by atoms with Gasteiger partial charge >= 0.3 is 5.97 Å². The first kappa shape index (κ1) is 17.9. The molecule has 0 radical (unpaired) electrons. The Hall–Kier alpha value is -2.17. The maximum Gasteiger partial charge on any atom is 0.326 e. The Bertz CT molecular complexity index is 522. The van der Waals surface area contributed by atoms with Crippen LogP contribution in [0.1, 0.15) is 43.7 Å². The number of ketones is 1. The van der Waals surface area contributed by atoms with E-state index in [4.69, 9.17) is 5.11 Å². The molecule has 5 nitrogen and oxygen atoms in total. The smallest absolute Gasteiger partial charge is 0.326 e. The van der Waals surface area contributed by atoms with E-state index in [-0.39, 0.29) is 18.6 Å². The molecule has 1 atom stereocenters. The molecule has 0 aliphatic carbocycles. The molecule has 2 N–H and O–H groups in total. The molecule has 0 fully saturated rings. The standard InChI is InChI=1S/C17H23NO4/c1-3-4-15(17(21)22)18-16(20)10-9-14(19)11-13-7-5-12(2)6-8-13/h5-8,15H,3-4,9-11H2,1-2H3,(H,18,20)(H,21,22)/t15-/m0/s1. The number of hydrogen-bond acceptors (Lipinski definition) is 3. The van der Waals surface area contributed by atoms with Crippen molar-refractivity contribution in [3.63, 3.8) is 0 Å². The van der Waals surface area contributed by atoms with Crippen LogP contribution in [-0.4, -0.2) is 28.8 Å². The van der Waals surface area contributed by atoms with Crippen LogP contribution in [0, 0.1) is 6.92 Å². The van der Waals surface area contributed by atoms with Gasteiger partial charge in [0.25, 0.3) is 0 Å². The van der Waals surface area contributed by atoms with Crippen LogP contribution in [0.25, 0.3) is 0 Å². The maximum absolute atomic E-state index is 11.9. The fraction of sp³-hybridized carbons (Fsp3) is 0.471. The highest BCUT2D eigenvalue weighted by Gasteiger charge is 2.19. The molecular weight excluding hydrogens is 282 g/mol. The molecule has 5 heteroatoms. The second kappa shape index (κ2) is 8.97. The Morgan fingerprint density at radius 3 is 2.32 bits per heavy atom. The van der Waals surface area contributed by atoms with Crippen molar-refractivity contribution in [2.45, 2.75) is 52.0 Å². The van der Waals surface area contributed by atoms with Gasteiger partial charge in [0.1, 0.15) is 11.8 Å². The number of carboxylic acids is 1. The van der Waals surface area contributed by atoms with Crippen LogP contribution in [0.15, 0.2) is 24.3 Å². The topological polar surface area (TPSA) is 83.5 Å². The molecule has 1 aromatic rings. The van der Waals surface area contributed by atoms with Crippen LogP contribution in [-0.2, 0) is 20.8 Å². The normalized spacial score (nSPS) is 11.7. The highest BCUT2D eigenvalue weighted by Crippen LogP contribution is 2.06. The van der Waals surface area contributed by atoms with Gasteiger partial charge < -0.3 is 10.4 Å². The summed E-state index contributed by atoms with van der Waals surface area (Å²) in [5, 5.41) is 11.4. The predicted molar refractivity (Wildman–Crippen MR) is 83.6 cm³/mol. The van der Waals surface area contributed by atoms with Crippen LogP contribution in [0.4, 0.5) is 0 Å². The molecule has 22 heavy (non-hydrogen) atoms. The third-order valence-corrected chi connectivity index (χ3v) is 3.36. The number of carboxylic acid groups (broad SMARTS) is 1. The van der Waals surface area contributed by atoms with Crippen molar-refractivity contribution >= 4 is 17.7 Å². The molecular formula is C17H23NO4. The lowest BCUT2D eigenvalue weighted by Gasteiger charge is -2.13. The Labute approximate surface area is 130 Å². The third-order valence-electron chi connectivity index (χ3n) is 3.36. The van der Waals surface area contributed by atoms with Gasteiger partial charge in [-0.3, -0.25) is 9.59 Å². The number of carbonyl (C=O) groups excluding carboxylic acids is 2. The second-order valence-corrected chi connectivity index (χ2v) is 5.45. The molecule has 0 saturated carbocycles. The molecule has 1 rings (SSSR count). The first-order valence-electron chi connectivity index (χ1n) is 7.51. The quantitative estimate of drug-likeness (QED) is 0.733. The zero-order valence-electron chi connectivity index (χ0n) is 13.1. The van der Waals surface area contributed by atoms with Crippen molar-refractivity contribution in [3.8, 4) is 0 Å². The van der Waals surface area contributed by atoms with Crippen LogP contribution in [0.5, 0.6) is 0 Å². The number of aliphatic carboxylic acids is 1. The third kappa shape index (κ3) is 6.52. The lowest BCUT2D eigenvalue weighted by molar-refractivity contribution is -0.142. The first-order valence-corrected chi connectivity index (χ1v) is 7.51. The van der Waals surface area contributed by atoms with E-state index in [1.165, 1.54) is 0 Å². The van der Waals surface area contributed by atoms with E-state index in [9.17, 15) is 14.4 Å². The monoisotopic (exact) mass is 305 g/mol. The summed E-state index contributed by atoms with van der Waals surface area (Å²) in [7, 11) is 0. The minimum absolute atomic E-state index is 0.0260. The Morgan fingerprint density at radius 2 is 1.77 bits per heavy atom. The van der Waals surface area contributed by atoms with E-state index in [2.05, 4.69) is 5.32 Å². The van der Waals surface area contributed by atoms with Crippen molar-refractivity contribution < 1.29 is 19.5 Å². The van der Waals surface area contributed by atoms with Crippen LogP contribution in [0.2, 0.25) is 0 Å². The van der Waals surface area contributed by atoms with Gasteiger partial charge in [0.2, 0.25) is 5.91 Å². The lowest BCUT2D eigenvalue weighted by atomic mass is 10.0. The summed E-state index contributed by atoms with van der Waals surface area (Å²) in [4.78, 5) is 34.5. The fourth-order valence-corrected chi connectivity index (χ4v) is 2.09. The molecule has 0 aliphatic rings. The second-order valence-electron chi connectivity index (χ2n) is 5.45. The van der Waals surface area contributed by atoms with E-state index in [1.807, 2.05) is 38.1 Å². The SMILES string of the molecule is CCC[C@H](NC(=O)CCC(=O)Cc1ccc(C)cc1)C(=O)O. The number of rotatable bonds is 9. The predicted octanol–water partition coefficient (Wildman–Crippen LogP) is 2.26. The summed E-state index contributed by atoms with van der Waals surface area (Å²) < 4.78 is 0. The summed E-state index contributed by atoms with van der Waals surface area (Å²) >= 11 is 0. The summed E-state index contributed by atoms with van der Waals surface area (Å²) in [6.45, 7) is 3.83. The van der Waals surface area contributed by atoms with Gasteiger partial charge in [-0.25, -0.2) is 4.79 Å². The lowest BCUT2D eigenvalue weighted by Crippen LogP contribution is -2.40. The van der Waals surface area contributed by atoms with Gasteiger partial charge in [0.15, 0.2) is 0 Å². The molecule has 1 aromatic carbocycles. The summed E-state index contributed by atoms with van der Waals surface area (Å²) in [6, 6.07) is 6.81. The highest BCUT2D eigenvalue weighted by atomic mass is 16.4. The minimum atomic E-state index is -1.04. The molecule has 1 amide bonds. The summed E-state index contributed by atoms with van der Waals surface area (Å²) in [5.74, 6) is -1.46. The summed E-state index contributed by atoms with van der Waals surface area (Å²) in [5.41, 5.74) is 2.05. The van der Waals surface area contributed by atoms with Gasteiger partial charge in [-0.2, -0.15) is 0 Å². The number of hydrogen-bond donors (Lipinski definition) is 2. The van der Waals surface area contributed by atoms with Crippen molar-refractivity contribution in [2.75, 3.05) is 0 Å². The van der Waals surface area contributed by atoms with E-state index < -0.39 is 17.9 Å². The number of nitrogens with one attached hydrogen (secondary N) is 1. The van der Waals surface area contributed by atoms with E-state index >= 15 is 0 Å². The fourth-order valence-electron chi connectivity index (χ4n) is 2.09. The average Bonchev–Trinajstić information content (AvgIpc) is 2.47. The number of carbonyl (C=O) groups is 3. The van der Waals surface area contributed by atoms with Crippen molar-refractivity contribution in [2.24, 2.45) is 0 Å². The Balaban J connectivity index is 2.38. The molecule has 120 valence electrons. The largest absolute Gasteiger partial charge is 0.480 e. The number of aryl methyl sites for hydroxylation is 1. The van der Waals surface area contributed by atoms with Gasteiger partial charge in [-0.1, -0.05) is 43.2 Å². The van der Waals surface area contributed by atoms with E-state index in [1.54, 1.807) is 0 Å². The molecule has 0 saturated heterocycles. The van der Waals surface area contributed by atoms with Crippen LogP contribution in [0.3, 0.4) is 0 Å². The van der Waals surface area contributed by atoms with Gasteiger partial charge in [0.05, 0.1) is 0 Å². The highest BCUT2D eigenvalue weighted by molar-refractivity contribution is 5.88. The minimum Gasteiger partial charge on any atom is -0.480 e.